The van der Waals surface area contributed by atoms with Crippen LogP contribution in [0, 0.1) is 0 Å². The minimum absolute atomic E-state index is 0.247. The number of thiazole rings is 1. The molecule has 0 saturated carbocycles. The van der Waals surface area contributed by atoms with Crippen molar-refractivity contribution in [2.45, 2.75) is 0 Å². The maximum atomic E-state index is 11.1. The Balaban J connectivity index is 1.61. The van der Waals surface area contributed by atoms with Gasteiger partial charge in [0.05, 0.1) is 11.3 Å². The fourth-order valence-corrected chi connectivity index (χ4v) is 3.41. The Morgan fingerprint density at radius 3 is 2.64 bits per heavy atom. The Morgan fingerprint density at radius 1 is 0.960 bits per heavy atom. The summed E-state index contributed by atoms with van der Waals surface area (Å²) in [4.78, 5) is 15.7. The molecule has 0 aliphatic carbocycles. The van der Waals surface area contributed by atoms with E-state index in [0.717, 1.165) is 16.4 Å². The second-order valence-corrected chi connectivity index (χ2v) is 6.47. The van der Waals surface area contributed by atoms with Gasteiger partial charge in [0.2, 0.25) is 0 Å². The molecule has 0 atom stereocenters. The van der Waals surface area contributed by atoms with Crippen LogP contribution in [-0.4, -0.2) is 16.1 Å². The summed E-state index contributed by atoms with van der Waals surface area (Å²) in [6, 6.07) is 21.2. The number of carboxylic acid groups (broad SMARTS) is 1. The average Bonchev–Trinajstić information content (AvgIpc) is 3.10. The number of aromatic carboxylic acids is 1. The van der Waals surface area contributed by atoms with Crippen LogP contribution in [0.15, 0.2) is 72.1 Å². The number of rotatable bonds is 4. The van der Waals surface area contributed by atoms with Crippen molar-refractivity contribution in [2.24, 2.45) is 0 Å². The van der Waals surface area contributed by atoms with Crippen LogP contribution in [0.4, 0.5) is 10.8 Å². The Hall–Kier alpha value is -3.18. The van der Waals surface area contributed by atoms with Crippen LogP contribution in [0.2, 0.25) is 0 Å². The van der Waals surface area contributed by atoms with E-state index in [1.165, 1.54) is 22.1 Å². The molecule has 0 amide bonds. The van der Waals surface area contributed by atoms with Gasteiger partial charge >= 0.3 is 5.97 Å². The fourth-order valence-electron chi connectivity index (χ4n) is 2.67. The summed E-state index contributed by atoms with van der Waals surface area (Å²) in [5.74, 6) is -0.945. The number of hydrogen-bond acceptors (Lipinski definition) is 4. The minimum atomic E-state index is -0.945. The first-order valence-electron chi connectivity index (χ1n) is 7.74. The smallest absolute Gasteiger partial charge is 0.335 e. The largest absolute Gasteiger partial charge is 0.478 e. The fraction of sp³-hybridized carbons (Fsp3) is 0. The van der Waals surface area contributed by atoms with E-state index >= 15 is 0 Å². The number of anilines is 2. The van der Waals surface area contributed by atoms with Crippen LogP contribution in [0.25, 0.3) is 22.0 Å². The number of benzene rings is 3. The van der Waals surface area contributed by atoms with Crippen LogP contribution in [0.5, 0.6) is 0 Å². The topological polar surface area (TPSA) is 62.2 Å². The molecule has 1 aromatic heterocycles. The lowest BCUT2D eigenvalue weighted by atomic mass is 10.1. The quantitative estimate of drug-likeness (QED) is 0.519. The van der Waals surface area contributed by atoms with Crippen LogP contribution in [0.3, 0.4) is 0 Å². The van der Waals surface area contributed by atoms with Crippen molar-refractivity contribution in [3.63, 3.8) is 0 Å². The standard InChI is InChI=1S/C20H14N2O2S/c23-19(24)16-6-3-7-17(11-16)21-20-22-18(12-25-20)15-9-8-13-4-1-2-5-14(13)10-15/h1-12H,(H,21,22)(H,23,24). The van der Waals surface area contributed by atoms with Crippen LogP contribution < -0.4 is 5.32 Å². The highest BCUT2D eigenvalue weighted by atomic mass is 32.1. The molecule has 0 aliphatic heterocycles. The summed E-state index contributed by atoms with van der Waals surface area (Å²) in [7, 11) is 0. The van der Waals surface area contributed by atoms with Crippen molar-refractivity contribution in [2.75, 3.05) is 5.32 Å². The average molecular weight is 346 g/mol. The molecule has 0 radical (unpaired) electrons. The second kappa shape index (κ2) is 6.37. The molecule has 0 saturated heterocycles. The Bertz CT molecular complexity index is 1070. The highest BCUT2D eigenvalue weighted by Gasteiger charge is 2.07. The summed E-state index contributed by atoms with van der Waals surface area (Å²) < 4.78 is 0. The molecule has 25 heavy (non-hydrogen) atoms. The number of nitrogens with zero attached hydrogens (tertiary/aromatic N) is 1. The van der Waals surface area contributed by atoms with Gasteiger partial charge in [-0.2, -0.15) is 0 Å². The summed E-state index contributed by atoms with van der Waals surface area (Å²) in [6.45, 7) is 0. The van der Waals surface area contributed by atoms with E-state index in [-0.39, 0.29) is 5.56 Å². The van der Waals surface area contributed by atoms with Crippen molar-refractivity contribution in [3.05, 3.63) is 77.7 Å². The molecule has 2 N–H and O–H groups in total. The van der Waals surface area contributed by atoms with Crippen molar-refractivity contribution < 1.29 is 9.90 Å². The maximum Gasteiger partial charge on any atom is 0.335 e. The zero-order valence-electron chi connectivity index (χ0n) is 13.1. The molecule has 5 heteroatoms. The predicted molar refractivity (Wildman–Crippen MR) is 102 cm³/mol. The molecule has 122 valence electrons. The van der Waals surface area contributed by atoms with Gasteiger partial charge in [-0.15, -0.1) is 11.3 Å². The lowest BCUT2D eigenvalue weighted by Crippen LogP contribution is -1.97. The Kier molecular flexibility index (Phi) is 3.91. The maximum absolute atomic E-state index is 11.1. The SMILES string of the molecule is O=C(O)c1cccc(Nc2nc(-c3ccc4ccccc4c3)cs2)c1. The third kappa shape index (κ3) is 3.22. The third-order valence-corrected chi connectivity index (χ3v) is 4.67. The molecule has 4 nitrogen and oxygen atoms in total. The molecule has 0 aliphatic rings. The normalized spacial score (nSPS) is 10.7. The van der Waals surface area contributed by atoms with Gasteiger partial charge < -0.3 is 10.4 Å². The van der Waals surface area contributed by atoms with Crippen LogP contribution in [-0.2, 0) is 0 Å². The lowest BCUT2D eigenvalue weighted by molar-refractivity contribution is 0.0697. The Labute approximate surface area is 148 Å². The Morgan fingerprint density at radius 2 is 1.80 bits per heavy atom. The third-order valence-electron chi connectivity index (χ3n) is 3.91. The van der Waals surface area contributed by atoms with Gasteiger partial charge in [0.25, 0.3) is 0 Å². The zero-order chi connectivity index (χ0) is 17.2. The van der Waals surface area contributed by atoms with Crippen molar-refractivity contribution in [1.29, 1.82) is 0 Å². The summed E-state index contributed by atoms with van der Waals surface area (Å²) in [5.41, 5.74) is 2.91. The number of nitrogens with one attached hydrogen (secondary N) is 1. The van der Waals surface area contributed by atoms with E-state index in [1.807, 2.05) is 23.6 Å². The molecule has 4 aromatic rings. The molecule has 3 aromatic carbocycles. The number of fused-ring (bicyclic) bond motifs is 1. The molecule has 0 bridgehead atoms. The van der Waals surface area contributed by atoms with Gasteiger partial charge in [-0.05, 0) is 35.0 Å². The van der Waals surface area contributed by atoms with E-state index in [4.69, 9.17) is 5.11 Å². The van der Waals surface area contributed by atoms with Gasteiger partial charge in [0, 0.05) is 16.6 Å². The summed E-state index contributed by atoms with van der Waals surface area (Å²) in [5, 5.41) is 17.3. The lowest BCUT2D eigenvalue weighted by Gasteiger charge is -2.04. The highest BCUT2D eigenvalue weighted by molar-refractivity contribution is 7.14. The van der Waals surface area contributed by atoms with Crippen LogP contribution >= 0.6 is 11.3 Å². The van der Waals surface area contributed by atoms with E-state index in [0.29, 0.717) is 5.69 Å². The number of hydrogen-bond donors (Lipinski definition) is 2. The van der Waals surface area contributed by atoms with E-state index in [9.17, 15) is 4.79 Å². The summed E-state index contributed by atoms with van der Waals surface area (Å²) in [6.07, 6.45) is 0. The first-order chi connectivity index (χ1) is 12.2. The monoisotopic (exact) mass is 346 g/mol. The first kappa shape index (κ1) is 15.4. The number of carboxylic acids is 1. The van der Waals surface area contributed by atoms with E-state index < -0.39 is 5.97 Å². The van der Waals surface area contributed by atoms with Gasteiger partial charge in [0.15, 0.2) is 5.13 Å². The van der Waals surface area contributed by atoms with Crippen molar-refractivity contribution in [3.8, 4) is 11.3 Å². The molecule has 0 fully saturated rings. The van der Waals surface area contributed by atoms with E-state index in [2.05, 4.69) is 40.6 Å². The zero-order valence-corrected chi connectivity index (χ0v) is 14.0. The van der Waals surface area contributed by atoms with Gasteiger partial charge in [-0.3, -0.25) is 0 Å². The molecule has 0 unspecified atom stereocenters. The number of carbonyl (C=O) groups is 1. The van der Waals surface area contributed by atoms with Gasteiger partial charge in [-0.25, -0.2) is 9.78 Å². The molecular weight excluding hydrogens is 332 g/mol. The van der Waals surface area contributed by atoms with Crippen molar-refractivity contribution >= 4 is 38.9 Å². The number of aromatic nitrogens is 1. The summed E-state index contributed by atoms with van der Waals surface area (Å²) >= 11 is 1.49. The molecule has 1 heterocycles. The molecule has 0 spiro atoms. The molecule has 4 rings (SSSR count). The van der Waals surface area contributed by atoms with Crippen LogP contribution in [0.1, 0.15) is 10.4 Å². The first-order valence-corrected chi connectivity index (χ1v) is 8.62. The van der Waals surface area contributed by atoms with Gasteiger partial charge in [-0.1, -0.05) is 42.5 Å². The van der Waals surface area contributed by atoms with Gasteiger partial charge in [0.1, 0.15) is 0 Å². The predicted octanol–water partition coefficient (Wildman–Crippen LogP) is 5.41. The minimum Gasteiger partial charge on any atom is -0.478 e. The molecular formula is C20H14N2O2S. The second-order valence-electron chi connectivity index (χ2n) is 5.61. The van der Waals surface area contributed by atoms with Crippen molar-refractivity contribution in [1.82, 2.24) is 4.98 Å². The van der Waals surface area contributed by atoms with E-state index in [1.54, 1.807) is 18.2 Å². The highest BCUT2D eigenvalue weighted by Crippen LogP contribution is 2.29.